The molecule has 1 saturated heterocycles. The predicted octanol–water partition coefficient (Wildman–Crippen LogP) is 2.62. The molecule has 0 saturated carbocycles. The lowest BCUT2D eigenvalue weighted by Crippen LogP contribution is -2.27. The Labute approximate surface area is 114 Å². The van der Waals surface area contributed by atoms with E-state index >= 15 is 0 Å². The highest BCUT2D eigenvalue weighted by molar-refractivity contribution is 5.67. The van der Waals surface area contributed by atoms with E-state index in [1.54, 1.807) is 0 Å². The summed E-state index contributed by atoms with van der Waals surface area (Å²) in [6.45, 7) is 3.65. The van der Waals surface area contributed by atoms with Crippen molar-refractivity contribution in [2.45, 2.75) is 25.4 Å². The van der Waals surface area contributed by atoms with E-state index in [1.807, 2.05) is 0 Å². The Kier molecular flexibility index (Phi) is 4.16. The maximum Gasteiger partial charge on any atom is 0.122 e. The SMILES string of the molecule is C1=C(c2ccc(OC3CCCOC3)cc2)CCNC1. The van der Waals surface area contributed by atoms with E-state index in [-0.39, 0.29) is 6.10 Å². The summed E-state index contributed by atoms with van der Waals surface area (Å²) in [6.07, 6.45) is 5.80. The Hall–Kier alpha value is -1.32. The lowest BCUT2D eigenvalue weighted by molar-refractivity contribution is 0.00743. The van der Waals surface area contributed by atoms with Gasteiger partial charge in [-0.25, -0.2) is 0 Å². The molecule has 2 heterocycles. The third-order valence-electron chi connectivity index (χ3n) is 3.71. The van der Waals surface area contributed by atoms with Crippen LogP contribution in [0.1, 0.15) is 24.8 Å². The highest BCUT2D eigenvalue weighted by Gasteiger charge is 2.15. The molecule has 1 N–H and O–H groups in total. The number of benzene rings is 1. The van der Waals surface area contributed by atoms with Crippen LogP contribution in [0.15, 0.2) is 30.3 Å². The van der Waals surface area contributed by atoms with Crippen molar-refractivity contribution < 1.29 is 9.47 Å². The Morgan fingerprint density at radius 3 is 2.79 bits per heavy atom. The van der Waals surface area contributed by atoms with E-state index in [1.165, 1.54) is 11.1 Å². The van der Waals surface area contributed by atoms with Gasteiger partial charge in [-0.05, 0) is 49.1 Å². The van der Waals surface area contributed by atoms with Crippen LogP contribution in [0.25, 0.3) is 5.57 Å². The fourth-order valence-electron chi connectivity index (χ4n) is 2.63. The normalized spacial score (nSPS) is 23.8. The smallest absolute Gasteiger partial charge is 0.122 e. The Morgan fingerprint density at radius 1 is 1.21 bits per heavy atom. The molecule has 0 bridgehead atoms. The average Bonchev–Trinajstić information content (AvgIpc) is 2.50. The molecule has 3 nitrogen and oxygen atoms in total. The van der Waals surface area contributed by atoms with Gasteiger partial charge in [0.1, 0.15) is 11.9 Å². The summed E-state index contributed by atoms with van der Waals surface area (Å²) >= 11 is 0. The molecular weight excluding hydrogens is 238 g/mol. The molecule has 1 atom stereocenters. The Balaban J connectivity index is 1.63. The molecule has 0 spiro atoms. The number of rotatable bonds is 3. The predicted molar refractivity (Wildman–Crippen MR) is 76.4 cm³/mol. The third kappa shape index (κ3) is 3.37. The summed E-state index contributed by atoms with van der Waals surface area (Å²) in [5, 5.41) is 3.34. The van der Waals surface area contributed by atoms with Gasteiger partial charge in [0, 0.05) is 13.2 Å². The first-order chi connectivity index (χ1) is 9.42. The Bertz CT molecular complexity index is 433. The van der Waals surface area contributed by atoms with Gasteiger partial charge in [0.2, 0.25) is 0 Å². The molecule has 3 heteroatoms. The summed E-state index contributed by atoms with van der Waals surface area (Å²) in [6, 6.07) is 8.48. The van der Waals surface area contributed by atoms with Crippen molar-refractivity contribution in [2.24, 2.45) is 0 Å². The molecule has 2 aliphatic rings. The summed E-state index contributed by atoms with van der Waals surface area (Å²) < 4.78 is 11.4. The van der Waals surface area contributed by atoms with Crippen molar-refractivity contribution in [1.29, 1.82) is 0 Å². The van der Waals surface area contributed by atoms with Gasteiger partial charge in [-0.2, -0.15) is 0 Å². The standard InChI is InChI=1S/C16H21NO2/c1-2-16(12-18-11-1)19-15-5-3-13(4-6-15)14-7-9-17-10-8-14/h3-7,16-17H,1-2,8-12H2. The monoisotopic (exact) mass is 259 g/mol. The van der Waals surface area contributed by atoms with Crippen LogP contribution in [0, 0.1) is 0 Å². The topological polar surface area (TPSA) is 30.5 Å². The molecule has 1 aromatic rings. The van der Waals surface area contributed by atoms with Crippen LogP contribution < -0.4 is 10.1 Å². The lowest BCUT2D eigenvalue weighted by Gasteiger charge is -2.23. The molecule has 1 unspecified atom stereocenters. The average molecular weight is 259 g/mol. The first kappa shape index (κ1) is 12.7. The van der Waals surface area contributed by atoms with Gasteiger partial charge in [0.25, 0.3) is 0 Å². The van der Waals surface area contributed by atoms with Crippen LogP contribution >= 0.6 is 0 Å². The summed E-state index contributed by atoms with van der Waals surface area (Å²) in [5.41, 5.74) is 2.75. The first-order valence-electron chi connectivity index (χ1n) is 7.16. The van der Waals surface area contributed by atoms with Gasteiger partial charge >= 0.3 is 0 Å². The van der Waals surface area contributed by atoms with Gasteiger partial charge in [-0.1, -0.05) is 18.2 Å². The van der Waals surface area contributed by atoms with E-state index in [9.17, 15) is 0 Å². The van der Waals surface area contributed by atoms with E-state index in [0.29, 0.717) is 0 Å². The first-order valence-corrected chi connectivity index (χ1v) is 7.16. The van der Waals surface area contributed by atoms with Crippen LogP contribution in [0.4, 0.5) is 0 Å². The van der Waals surface area contributed by atoms with Gasteiger partial charge in [-0.15, -0.1) is 0 Å². The molecule has 0 aliphatic carbocycles. The molecule has 102 valence electrons. The van der Waals surface area contributed by atoms with Crippen molar-refractivity contribution in [1.82, 2.24) is 5.32 Å². The lowest BCUT2D eigenvalue weighted by atomic mass is 10.0. The van der Waals surface area contributed by atoms with E-state index in [2.05, 4.69) is 35.7 Å². The summed E-state index contributed by atoms with van der Waals surface area (Å²) in [4.78, 5) is 0. The quantitative estimate of drug-likeness (QED) is 0.905. The fourth-order valence-corrected chi connectivity index (χ4v) is 2.63. The minimum absolute atomic E-state index is 0.220. The highest BCUT2D eigenvalue weighted by Crippen LogP contribution is 2.23. The van der Waals surface area contributed by atoms with E-state index in [4.69, 9.17) is 9.47 Å². The fraction of sp³-hybridized carbons (Fsp3) is 0.500. The zero-order valence-electron chi connectivity index (χ0n) is 11.2. The van der Waals surface area contributed by atoms with Crippen molar-refractivity contribution in [2.75, 3.05) is 26.3 Å². The highest BCUT2D eigenvalue weighted by atomic mass is 16.5. The van der Waals surface area contributed by atoms with Crippen LogP contribution in [-0.4, -0.2) is 32.4 Å². The largest absolute Gasteiger partial charge is 0.488 e. The van der Waals surface area contributed by atoms with Crippen LogP contribution in [0.5, 0.6) is 5.75 Å². The minimum atomic E-state index is 0.220. The van der Waals surface area contributed by atoms with Crippen LogP contribution in [0.2, 0.25) is 0 Å². The Morgan fingerprint density at radius 2 is 2.11 bits per heavy atom. The second kappa shape index (κ2) is 6.22. The van der Waals surface area contributed by atoms with E-state index in [0.717, 1.165) is 51.3 Å². The zero-order valence-corrected chi connectivity index (χ0v) is 11.2. The van der Waals surface area contributed by atoms with Crippen molar-refractivity contribution >= 4 is 5.57 Å². The number of nitrogens with one attached hydrogen (secondary N) is 1. The molecular formula is C16H21NO2. The van der Waals surface area contributed by atoms with Crippen LogP contribution in [-0.2, 0) is 4.74 Å². The minimum Gasteiger partial charge on any atom is -0.488 e. The molecule has 2 aliphatic heterocycles. The molecule has 0 amide bonds. The third-order valence-corrected chi connectivity index (χ3v) is 3.71. The molecule has 1 fully saturated rings. The number of ether oxygens (including phenoxy) is 2. The van der Waals surface area contributed by atoms with Gasteiger partial charge in [0.05, 0.1) is 6.61 Å². The second-order valence-corrected chi connectivity index (χ2v) is 5.16. The van der Waals surface area contributed by atoms with Gasteiger partial charge in [-0.3, -0.25) is 0 Å². The molecule has 19 heavy (non-hydrogen) atoms. The van der Waals surface area contributed by atoms with Gasteiger partial charge in [0.15, 0.2) is 0 Å². The molecule has 3 rings (SSSR count). The molecule has 0 radical (unpaired) electrons. The molecule has 0 aromatic heterocycles. The molecule has 1 aromatic carbocycles. The van der Waals surface area contributed by atoms with E-state index < -0.39 is 0 Å². The summed E-state index contributed by atoms with van der Waals surface area (Å²) in [7, 11) is 0. The van der Waals surface area contributed by atoms with Crippen molar-refractivity contribution in [3.05, 3.63) is 35.9 Å². The maximum atomic E-state index is 5.94. The number of hydrogen-bond acceptors (Lipinski definition) is 3. The zero-order chi connectivity index (χ0) is 12.9. The second-order valence-electron chi connectivity index (χ2n) is 5.16. The maximum absolute atomic E-state index is 5.94. The van der Waals surface area contributed by atoms with Crippen LogP contribution in [0.3, 0.4) is 0 Å². The van der Waals surface area contributed by atoms with Crippen molar-refractivity contribution in [3.63, 3.8) is 0 Å². The number of hydrogen-bond donors (Lipinski definition) is 1. The van der Waals surface area contributed by atoms with Gasteiger partial charge < -0.3 is 14.8 Å². The van der Waals surface area contributed by atoms with Crippen molar-refractivity contribution in [3.8, 4) is 5.75 Å². The summed E-state index contributed by atoms with van der Waals surface area (Å²) in [5.74, 6) is 0.953.